The van der Waals surface area contributed by atoms with Gasteiger partial charge in [0, 0.05) is 24.4 Å². The first kappa shape index (κ1) is 14.8. The molecule has 2 N–H and O–H groups in total. The second-order valence-corrected chi connectivity index (χ2v) is 6.11. The monoisotopic (exact) mass is 294 g/mol. The number of aromatic nitrogens is 1. The lowest BCUT2D eigenvalue weighted by atomic mass is 9.80. The molecule has 0 spiro atoms. The minimum atomic E-state index is -0.337. The van der Waals surface area contributed by atoms with Crippen molar-refractivity contribution in [2.45, 2.75) is 44.4 Å². The van der Waals surface area contributed by atoms with Crippen LogP contribution >= 0.6 is 0 Å². The molecule has 0 unspecified atom stereocenters. The Morgan fingerprint density at radius 2 is 1.95 bits per heavy atom. The number of pyridine rings is 1. The highest BCUT2D eigenvalue weighted by atomic mass is 16.1. The molecule has 1 aromatic carbocycles. The van der Waals surface area contributed by atoms with Gasteiger partial charge < -0.3 is 5.73 Å². The van der Waals surface area contributed by atoms with Crippen LogP contribution in [0.5, 0.6) is 0 Å². The van der Waals surface area contributed by atoms with Crippen LogP contribution in [-0.2, 0) is 6.42 Å². The van der Waals surface area contributed by atoms with Gasteiger partial charge in [0.15, 0.2) is 0 Å². The molecular formula is C19H22N2O. The largest absolute Gasteiger partial charge is 0.366 e. The zero-order valence-corrected chi connectivity index (χ0v) is 12.8. The molecule has 3 heteroatoms. The fourth-order valence-corrected chi connectivity index (χ4v) is 3.54. The summed E-state index contributed by atoms with van der Waals surface area (Å²) in [5.41, 5.74) is 9.79. The summed E-state index contributed by atoms with van der Waals surface area (Å²) in [5.74, 6) is 0.219. The van der Waals surface area contributed by atoms with Crippen LogP contribution in [-0.4, -0.2) is 10.9 Å². The fraction of sp³-hybridized carbons (Fsp3) is 0.368. The number of hydrogen-bond acceptors (Lipinski definition) is 2. The number of carbonyl (C=O) groups is 1. The van der Waals surface area contributed by atoms with E-state index in [2.05, 4.69) is 17.1 Å². The number of nitrogens with two attached hydrogens (primary N) is 1. The molecule has 0 radical (unpaired) electrons. The Morgan fingerprint density at radius 3 is 2.64 bits per heavy atom. The number of rotatable bonds is 4. The lowest BCUT2D eigenvalue weighted by Gasteiger charge is -2.25. The van der Waals surface area contributed by atoms with Gasteiger partial charge in [-0.3, -0.25) is 9.78 Å². The summed E-state index contributed by atoms with van der Waals surface area (Å²) in [5, 5.41) is 0. The van der Waals surface area contributed by atoms with Crippen LogP contribution in [0.1, 0.15) is 65.1 Å². The number of amides is 1. The van der Waals surface area contributed by atoms with E-state index in [1.165, 1.54) is 37.7 Å². The zero-order valence-electron chi connectivity index (χ0n) is 12.8. The molecule has 0 aliphatic heterocycles. The van der Waals surface area contributed by atoms with E-state index in [0.29, 0.717) is 11.5 Å². The minimum absolute atomic E-state index is 0.337. The first-order valence-electron chi connectivity index (χ1n) is 8.06. The Morgan fingerprint density at radius 1 is 1.14 bits per heavy atom. The summed E-state index contributed by atoms with van der Waals surface area (Å²) in [7, 11) is 0. The number of hydrogen-bond donors (Lipinski definition) is 1. The van der Waals surface area contributed by atoms with Crippen molar-refractivity contribution >= 4 is 5.91 Å². The van der Waals surface area contributed by atoms with Crippen molar-refractivity contribution in [1.82, 2.24) is 4.98 Å². The molecule has 1 aliphatic carbocycles. The smallest absolute Gasteiger partial charge is 0.248 e. The van der Waals surface area contributed by atoms with E-state index >= 15 is 0 Å². The SMILES string of the molecule is NC(=O)c1cccc(C2CCCCC2)c1Cc1cccnc1. The third kappa shape index (κ3) is 3.19. The average molecular weight is 294 g/mol. The molecule has 1 amide bonds. The van der Waals surface area contributed by atoms with Crippen LogP contribution in [0.4, 0.5) is 0 Å². The van der Waals surface area contributed by atoms with Gasteiger partial charge in [0.25, 0.3) is 0 Å². The first-order valence-corrected chi connectivity index (χ1v) is 8.06. The number of nitrogens with zero attached hydrogens (tertiary/aromatic N) is 1. The highest BCUT2D eigenvalue weighted by Crippen LogP contribution is 2.36. The van der Waals surface area contributed by atoms with Crippen molar-refractivity contribution in [2.75, 3.05) is 0 Å². The van der Waals surface area contributed by atoms with Gasteiger partial charge in [0.05, 0.1) is 0 Å². The first-order chi connectivity index (χ1) is 10.8. The van der Waals surface area contributed by atoms with E-state index < -0.39 is 0 Å². The summed E-state index contributed by atoms with van der Waals surface area (Å²) in [6.07, 6.45) is 10.6. The summed E-state index contributed by atoms with van der Waals surface area (Å²) in [6, 6.07) is 9.98. The molecule has 1 aliphatic rings. The molecule has 0 bridgehead atoms. The molecule has 2 aromatic rings. The maximum atomic E-state index is 11.9. The van der Waals surface area contributed by atoms with Gasteiger partial charge in [-0.15, -0.1) is 0 Å². The predicted octanol–water partition coefficient (Wildman–Crippen LogP) is 3.82. The minimum Gasteiger partial charge on any atom is -0.366 e. The van der Waals surface area contributed by atoms with Crippen LogP contribution in [0, 0.1) is 0 Å². The molecule has 3 rings (SSSR count). The third-order valence-electron chi connectivity index (χ3n) is 4.63. The van der Waals surface area contributed by atoms with E-state index in [1.807, 2.05) is 24.4 Å². The van der Waals surface area contributed by atoms with E-state index in [-0.39, 0.29) is 5.91 Å². The van der Waals surface area contributed by atoms with Crippen molar-refractivity contribution < 1.29 is 4.79 Å². The quantitative estimate of drug-likeness (QED) is 0.932. The molecular weight excluding hydrogens is 272 g/mol. The normalized spacial score (nSPS) is 15.6. The van der Waals surface area contributed by atoms with E-state index in [9.17, 15) is 4.79 Å². The number of benzene rings is 1. The Bertz CT molecular complexity index is 646. The van der Waals surface area contributed by atoms with E-state index in [0.717, 1.165) is 17.5 Å². The van der Waals surface area contributed by atoms with Gasteiger partial charge in [0.1, 0.15) is 0 Å². The van der Waals surface area contributed by atoms with Crippen LogP contribution in [0.2, 0.25) is 0 Å². The topological polar surface area (TPSA) is 56.0 Å². The summed E-state index contributed by atoms with van der Waals surface area (Å²) >= 11 is 0. The predicted molar refractivity (Wildman–Crippen MR) is 87.8 cm³/mol. The third-order valence-corrected chi connectivity index (χ3v) is 4.63. The molecule has 0 saturated heterocycles. The number of carbonyl (C=O) groups excluding carboxylic acids is 1. The molecule has 1 fully saturated rings. The Hall–Kier alpha value is -2.16. The second kappa shape index (κ2) is 6.73. The molecule has 3 nitrogen and oxygen atoms in total. The van der Waals surface area contributed by atoms with Crippen molar-refractivity contribution in [1.29, 1.82) is 0 Å². The summed E-state index contributed by atoms with van der Waals surface area (Å²) in [4.78, 5) is 16.0. The van der Waals surface area contributed by atoms with Crippen molar-refractivity contribution in [3.05, 3.63) is 65.0 Å². The van der Waals surface area contributed by atoms with Gasteiger partial charge in [-0.2, -0.15) is 0 Å². The van der Waals surface area contributed by atoms with Crippen molar-refractivity contribution in [3.8, 4) is 0 Å². The van der Waals surface area contributed by atoms with Crippen molar-refractivity contribution in [2.24, 2.45) is 5.73 Å². The van der Waals surface area contributed by atoms with Crippen molar-refractivity contribution in [3.63, 3.8) is 0 Å². The van der Waals surface area contributed by atoms with Gasteiger partial charge in [-0.25, -0.2) is 0 Å². The summed E-state index contributed by atoms with van der Waals surface area (Å²) in [6.45, 7) is 0. The summed E-state index contributed by atoms with van der Waals surface area (Å²) < 4.78 is 0. The molecule has 114 valence electrons. The molecule has 0 atom stereocenters. The maximum Gasteiger partial charge on any atom is 0.248 e. The average Bonchev–Trinajstić information content (AvgIpc) is 2.56. The number of primary amides is 1. The lowest BCUT2D eigenvalue weighted by Crippen LogP contribution is -2.17. The Labute approximate surface area is 131 Å². The van der Waals surface area contributed by atoms with Gasteiger partial charge in [-0.05, 0) is 47.6 Å². The second-order valence-electron chi connectivity index (χ2n) is 6.11. The lowest BCUT2D eigenvalue weighted by molar-refractivity contribution is 0.0999. The zero-order chi connectivity index (χ0) is 15.4. The molecule has 1 aromatic heterocycles. The van der Waals surface area contributed by atoms with Gasteiger partial charge >= 0.3 is 0 Å². The Balaban J connectivity index is 2.01. The molecule has 1 heterocycles. The highest BCUT2D eigenvalue weighted by Gasteiger charge is 2.21. The van der Waals surface area contributed by atoms with Crippen LogP contribution in [0.25, 0.3) is 0 Å². The van der Waals surface area contributed by atoms with Crippen LogP contribution < -0.4 is 5.73 Å². The van der Waals surface area contributed by atoms with Gasteiger partial charge in [-0.1, -0.05) is 37.5 Å². The highest BCUT2D eigenvalue weighted by molar-refractivity contribution is 5.94. The maximum absolute atomic E-state index is 11.9. The Kier molecular flexibility index (Phi) is 4.52. The van der Waals surface area contributed by atoms with Crippen LogP contribution in [0.15, 0.2) is 42.7 Å². The fourth-order valence-electron chi connectivity index (χ4n) is 3.54. The van der Waals surface area contributed by atoms with Crippen LogP contribution in [0.3, 0.4) is 0 Å². The molecule has 1 saturated carbocycles. The van der Waals surface area contributed by atoms with E-state index in [4.69, 9.17) is 5.73 Å². The van der Waals surface area contributed by atoms with Gasteiger partial charge in [0.2, 0.25) is 5.91 Å². The van der Waals surface area contributed by atoms with E-state index in [1.54, 1.807) is 6.20 Å². The molecule has 22 heavy (non-hydrogen) atoms. The standard InChI is InChI=1S/C19H22N2O/c20-19(22)17-10-4-9-16(15-7-2-1-3-8-15)18(17)12-14-6-5-11-21-13-14/h4-6,9-11,13,15H,1-3,7-8,12H2,(H2,20,22).